The Kier molecular flexibility index (Phi) is 6.05. The first kappa shape index (κ1) is 21.7. The van der Waals surface area contributed by atoms with Crippen LogP contribution in [0.3, 0.4) is 0 Å². The van der Waals surface area contributed by atoms with Crippen molar-refractivity contribution in [3.8, 4) is 0 Å². The molecule has 0 aliphatic carbocycles. The molecule has 1 aromatic rings. The van der Waals surface area contributed by atoms with Crippen molar-refractivity contribution in [3.63, 3.8) is 0 Å². The zero-order valence-electron chi connectivity index (χ0n) is 15.7. The number of anilines is 1. The van der Waals surface area contributed by atoms with Gasteiger partial charge in [-0.3, -0.25) is 10.1 Å². The predicted octanol–water partition coefficient (Wildman–Crippen LogP) is 4.90. The molecule has 0 bridgehead atoms. The van der Waals surface area contributed by atoms with Crippen LogP contribution in [0.1, 0.15) is 45.6 Å². The molecule has 0 atom stereocenters. The molecular formula is C17H21F4N3O4. The van der Waals surface area contributed by atoms with Gasteiger partial charge in [-0.2, -0.15) is 18.2 Å². The van der Waals surface area contributed by atoms with Gasteiger partial charge in [-0.05, 0) is 46.1 Å². The Bertz CT molecular complexity index is 756. The molecule has 1 saturated heterocycles. The summed E-state index contributed by atoms with van der Waals surface area (Å²) in [5.74, 6) is -1.70. The summed E-state index contributed by atoms with van der Waals surface area (Å²) in [6.45, 7) is 4.89. The van der Waals surface area contributed by atoms with Crippen molar-refractivity contribution in [3.05, 3.63) is 33.6 Å². The summed E-state index contributed by atoms with van der Waals surface area (Å²) in [7, 11) is 0. The number of piperidine rings is 1. The fourth-order valence-corrected chi connectivity index (χ4v) is 2.91. The number of hydrogen-bond acceptors (Lipinski definition) is 5. The molecule has 7 nitrogen and oxygen atoms in total. The van der Waals surface area contributed by atoms with E-state index in [0.29, 0.717) is 43.1 Å². The van der Waals surface area contributed by atoms with Crippen LogP contribution in [0.15, 0.2) is 12.1 Å². The van der Waals surface area contributed by atoms with E-state index in [2.05, 4.69) is 0 Å². The average Bonchev–Trinajstić information content (AvgIpc) is 2.57. The Morgan fingerprint density at radius 1 is 1.18 bits per heavy atom. The first-order valence-corrected chi connectivity index (χ1v) is 8.65. The first-order valence-electron chi connectivity index (χ1n) is 8.65. The van der Waals surface area contributed by atoms with Crippen LogP contribution in [0.4, 0.5) is 33.7 Å². The second-order valence-corrected chi connectivity index (χ2v) is 7.42. The lowest BCUT2D eigenvalue weighted by Crippen LogP contribution is -2.48. The molecule has 0 saturated carbocycles. The normalized spacial score (nSPS) is 15.3. The molecule has 156 valence electrons. The minimum atomic E-state index is -5.24. The number of nitrogens with zero attached hydrogens (tertiary/aromatic N) is 3. The highest BCUT2D eigenvalue weighted by atomic mass is 19.4. The Hall–Kier alpha value is -2.59. The zero-order chi connectivity index (χ0) is 21.3. The number of rotatable bonds is 3. The lowest BCUT2D eigenvalue weighted by molar-refractivity contribution is -0.384. The summed E-state index contributed by atoms with van der Waals surface area (Å²) in [6.07, 6.45) is -3.87. The maximum atomic E-state index is 14.1. The number of hydrogen-bond donors (Lipinski definition) is 0. The third kappa shape index (κ3) is 4.63. The van der Waals surface area contributed by atoms with E-state index in [1.54, 1.807) is 0 Å². The molecule has 1 amide bonds. The van der Waals surface area contributed by atoms with E-state index in [9.17, 15) is 32.5 Å². The van der Waals surface area contributed by atoms with Gasteiger partial charge in [-0.25, -0.2) is 9.18 Å². The number of likely N-dealkylation sites (tertiary alicyclic amines) is 1. The van der Waals surface area contributed by atoms with E-state index in [-0.39, 0.29) is 0 Å². The molecule has 0 unspecified atom stereocenters. The molecule has 1 aliphatic rings. The summed E-state index contributed by atoms with van der Waals surface area (Å²) < 4.78 is 54.8. The highest BCUT2D eigenvalue weighted by Crippen LogP contribution is 2.45. The SMILES string of the molecule is CC(C)(C)N(OC(=O)N1CCCCC1)c1c([N+](=O)[O-])ccc(F)c1C(F)(F)F. The number of hydroxylamine groups is 1. The number of alkyl halides is 3. The molecule has 0 aromatic heterocycles. The van der Waals surface area contributed by atoms with Crippen molar-refractivity contribution < 1.29 is 32.1 Å². The van der Waals surface area contributed by atoms with E-state index in [0.717, 1.165) is 6.42 Å². The van der Waals surface area contributed by atoms with E-state index >= 15 is 0 Å². The summed E-state index contributed by atoms with van der Waals surface area (Å²) >= 11 is 0. The smallest absolute Gasteiger partial charge is 0.321 e. The lowest BCUT2D eigenvalue weighted by Gasteiger charge is -2.37. The Morgan fingerprint density at radius 2 is 1.75 bits per heavy atom. The van der Waals surface area contributed by atoms with Crippen molar-refractivity contribution in [1.29, 1.82) is 0 Å². The second-order valence-electron chi connectivity index (χ2n) is 7.42. The van der Waals surface area contributed by atoms with Crippen LogP contribution in [0.25, 0.3) is 0 Å². The van der Waals surface area contributed by atoms with Gasteiger partial charge in [0.25, 0.3) is 5.69 Å². The van der Waals surface area contributed by atoms with E-state index in [4.69, 9.17) is 4.84 Å². The summed E-state index contributed by atoms with van der Waals surface area (Å²) in [6, 6.07) is 0.991. The van der Waals surface area contributed by atoms with Crippen LogP contribution in [-0.4, -0.2) is 34.5 Å². The molecular weight excluding hydrogens is 386 g/mol. The van der Waals surface area contributed by atoms with Crippen LogP contribution in [0, 0.1) is 15.9 Å². The maximum absolute atomic E-state index is 14.1. The van der Waals surface area contributed by atoms with Gasteiger partial charge in [0.2, 0.25) is 0 Å². The molecule has 1 aromatic carbocycles. The van der Waals surface area contributed by atoms with Crippen molar-refractivity contribution in [1.82, 2.24) is 4.90 Å². The van der Waals surface area contributed by atoms with E-state index in [1.165, 1.54) is 25.7 Å². The van der Waals surface area contributed by atoms with Crippen LogP contribution in [0.5, 0.6) is 0 Å². The van der Waals surface area contributed by atoms with Crippen LogP contribution >= 0.6 is 0 Å². The predicted molar refractivity (Wildman–Crippen MR) is 92.2 cm³/mol. The number of carbonyl (C=O) groups excluding carboxylic acids is 1. The molecule has 2 rings (SSSR count). The van der Waals surface area contributed by atoms with Crippen LogP contribution in [-0.2, 0) is 11.0 Å². The van der Waals surface area contributed by atoms with Gasteiger partial charge >= 0.3 is 12.3 Å². The zero-order valence-corrected chi connectivity index (χ0v) is 15.7. The number of amides is 1. The topological polar surface area (TPSA) is 75.9 Å². The van der Waals surface area contributed by atoms with Gasteiger partial charge in [0.1, 0.15) is 11.4 Å². The fourth-order valence-electron chi connectivity index (χ4n) is 2.91. The van der Waals surface area contributed by atoms with Gasteiger partial charge in [0.05, 0.1) is 10.5 Å². The molecule has 1 heterocycles. The number of nitro benzene ring substituents is 1. The monoisotopic (exact) mass is 407 g/mol. The Balaban J connectivity index is 2.61. The largest absolute Gasteiger partial charge is 0.434 e. The quantitative estimate of drug-likeness (QED) is 0.405. The van der Waals surface area contributed by atoms with Gasteiger partial charge < -0.3 is 9.74 Å². The number of benzene rings is 1. The molecule has 1 fully saturated rings. The summed E-state index contributed by atoms with van der Waals surface area (Å²) in [4.78, 5) is 29.2. The van der Waals surface area contributed by atoms with Gasteiger partial charge in [-0.1, -0.05) is 0 Å². The van der Waals surface area contributed by atoms with E-state index in [1.807, 2.05) is 0 Å². The first-order chi connectivity index (χ1) is 12.8. The molecule has 0 radical (unpaired) electrons. The minimum absolute atomic E-state index is 0.355. The number of carbonyl (C=O) groups is 1. The molecule has 0 spiro atoms. The van der Waals surface area contributed by atoms with Gasteiger partial charge in [0.15, 0.2) is 5.69 Å². The minimum Gasteiger partial charge on any atom is -0.321 e. The van der Waals surface area contributed by atoms with Crippen LogP contribution in [0.2, 0.25) is 0 Å². The average molecular weight is 407 g/mol. The Labute approximate surface area is 159 Å². The molecule has 0 N–H and O–H groups in total. The third-order valence-electron chi connectivity index (χ3n) is 4.18. The number of nitro groups is 1. The highest BCUT2D eigenvalue weighted by molar-refractivity contribution is 5.74. The second kappa shape index (κ2) is 7.80. The maximum Gasteiger partial charge on any atom is 0.434 e. The van der Waals surface area contributed by atoms with Gasteiger partial charge in [-0.15, -0.1) is 0 Å². The van der Waals surface area contributed by atoms with Crippen molar-refractivity contribution in [2.45, 2.75) is 51.7 Å². The highest BCUT2D eigenvalue weighted by Gasteiger charge is 2.46. The number of halogens is 4. The van der Waals surface area contributed by atoms with Gasteiger partial charge in [0, 0.05) is 19.2 Å². The van der Waals surface area contributed by atoms with E-state index < -0.39 is 45.5 Å². The standard InChI is InChI=1S/C17H21F4N3O4/c1-16(2,3)23(28-15(25)22-9-5-4-6-10-22)14-12(24(26)27)8-7-11(18)13(14)17(19,20)21/h7-8H,4-6,9-10H2,1-3H3. The fraction of sp³-hybridized carbons (Fsp3) is 0.588. The third-order valence-corrected chi connectivity index (χ3v) is 4.18. The Morgan fingerprint density at radius 3 is 2.21 bits per heavy atom. The van der Waals surface area contributed by atoms with Crippen molar-refractivity contribution in [2.24, 2.45) is 0 Å². The lowest BCUT2D eigenvalue weighted by atomic mass is 10.0. The molecule has 1 aliphatic heterocycles. The van der Waals surface area contributed by atoms with Crippen molar-refractivity contribution >= 4 is 17.5 Å². The summed E-state index contributed by atoms with van der Waals surface area (Å²) in [5, 5.41) is 11.8. The van der Waals surface area contributed by atoms with Crippen LogP contribution < -0.4 is 5.06 Å². The molecule has 11 heteroatoms. The van der Waals surface area contributed by atoms with Crippen molar-refractivity contribution in [2.75, 3.05) is 18.2 Å². The summed E-state index contributed by atoms with van der Waals surface area (Å²) in [5.41, 5.74) is -5.35. The molecule has 28 heavy (non-hydrogen) atoms.